The van der Waals surface area contributed by atoms with Crippen LogP contribution in [0.15, 0.2) is 0 Å². The Hall–Kier alpha value is -0.0800. The molecule has 1 aliphatic carbocycles. The fraction of sp³-hybridized carbons (Fsp3) is 1.00. The lowest BCUT2D eigenvalue weighted by atomic mass is 9.86. The van der Waals surface area contributed by atoms with Gasteiger partial charge in [0.2, 0.25) is 0 Å². The van der Waals surface area contributed by atoms with Gasteiger partial charge in [-0.05, 0) is 77.0 Å². The maximum atomic E-state index is 3.46. The summed E-state index contributed by atoms with van der Waals surface area (Å²) in [5, 5.41) is 3.46. The van der Waals surface area contributed by atoms with Gasteiger partial charge < -0.3 is 10.2 Å². The van der Waals surface area contributed by atoms with Gasteiger partial charge in [-0.15, -0.1) is 0 Å². The molecule has 2 aliphatic rings. The number of nitrogens with one attached hydrogen (secondary N) is 1. The standard InChI is InChI=1S/C14H28N2/c1-12-3-5-14(6-4-12)16(2)10-8-13-7-9-15-11-13/h12-15H,3-11H2,1-2H3. The van der Waals surface area contributed by atoms with Gasteiger partial charge in [-0.2, -0.15) is 0 Å². The van der Waals surface area contributed by atoms with Crippen LogP contribution in [-0.4, -0.2) is 37.6 Å². The van der Waals surface area contributed by atoms with Gasteiger partial charge >= 0.3 is 0 Å². The van der Waals surface area contributed by atoms with Crippen LogP contribution in [0.4, 0.5) is 0 Å². The smallest absolute Gasteiger partial charge is 0.00924 e. The zero-order valence-corrected chi connectivity index (χ0v) is 11.0. The van der Waals surface area contributed by atoms with Crippen LogP contribution in [-0.2, 0) is 0 Å². The van der Waals surface area contributed by atoms with Crippen LogP contribution >= 0.6 is 0 Å². The van der Waals surface area contributed by atoms with Crippen molar-refractivity contribution in [2.45, 2.75) is 51.5 Å². The van der Waals surface area contributed by atoms with Crippen LogP contribution in [0.2, 0.25) is 0 Å². The van der Waals surface area contributed by atoms with E-state index < -0.39 is 0 Å². The van der Waals surface area contributed by atoms with Crippen LogP contribution in [0.1, 0.15) is 45.4 Å². The predicted molar refractivity (Wildman–Crippen MR) is 69.6 cm³/mol. The molecule has 2 rings (SSSR count). The van der Waals surface area contributed by atoms with Crippen molar-refractivity contribution < 1.29 is 0 Å². The Bertz CT molecular complexity index is 191. The van der Waals surface area contributed by atoms with E-state index >= 15 is 0 Å². The van der Waals surface area contributed by atoms with E-state index in [1.807, 2.05) is 0 Å². The average Bonchev–Trinajstić information content (AvgIpc) is 2.80. The molecule has 1 atom stereocenters. The fourth-order valence-electron chi connectivity index (χ4n) is 3.21. The minimum atomic E-state index is 0.880. The van der Waals surface area contributed by atoms with E-state index in [1.165, 1.54) is 58.2 Å². The van der Waals surface area contributed by atoms with Crippen molar-refractivity contribution in [3.63, 3.8) is 0 Å². The van der Waals surface area contributed by atoms with E-state index in [0.29, 0.717) is 0 Å². The molecule has 2 fully saturated rings. The van der Waals surface area contributed by atoms with Crippen LogP contribution in [0, 0.1) is 11.8 Å². The highest BCUT2D eigenvalue weighted by molar-refractivity contribution is 4.78. The second kappa shape index (κ2) is 6.02. The van der Waals surface area contributed by atoms with Crippen LogP contribution in [0.3, 0.4) is 0 Å². The fourth-order valence-corrected chi connectivity index (χ4v) is 3.21. The molecule has 1 saturated heterocycles. The van der Waals surface area contributed by atoms with Gasteiger partial charge in [-0.1, -0.05) is 6.92 Å². The Morgan fingerprint density at radius 3 is 2.50 bits per heavy atom. The normalized spacial score (nSPS) is 35.8. The van der Waals surface area contributed by atoms with Crippen LogP contribution < -0.4 is 5.32 Å². The zero-order chi connectivity index (χ0) is 11.4. The van der Waals surface area contributed by atoms with Gasteiger partial charge in [0.1, 0.15) is 0 Å². The maximum absolute atomic E-state index is 3.46. The summed E-state index contributed by atoms with van der Waals surface area (Å²) in [6.07, 6.45) is 8.55. The largest absolute Gasteiger partial charge is 0.316 e. The van der Waals surface area contributed by atoms with Gasteiger partial charge in [0.25, 0.3) is 0 Å². The maximum Gasteiger partial charge on any atom is 0.00924 e. The number of rotatable bonds is 4. The third-order valence-corrected chi connectivity index (χ3v) is 4.66. The summed E-state index contributed by atoms with van der Waals surface area (Å²) in [6, 6.07) is 0.880. The van der Waals surface area contributed by atoms with Gasteiger partial charge in [0.15, 0.2) is 0 Å². The first-order valence-electron chi connectivity index (χ1n) is 7.16. The molecule has 2 nitrogen and oxygen atoms in total. The summed E-state index contributed by atoms with van der Waals surface area (Å²) in [6.45, 7) is 6.22. The molecule has 1 heterocycles. The predicted octanol–water partition coefficient (Wildman–Crippen LogP) is 2.50. The molecule has 0 spiro atoms. The molecule has 1 saturated carbocycles. The minimum Gasteiger partial charge on any atom is -0.316 e. The Morgan fingerprint density at radius 1 is 1.12 bits per heavy atom. The van der Waals surface area contributed by atoms with Gasteiger partial charge in [-0.25, -0.2) is 0 Å². The molecule has 0 aromatic heterocycles. The lowest BCUT2D eigenvalue weighted by Gasteiger charge is -2.34. The summed E-state index contributed by atoms with van der Waals surface area (Å²) in [5.74, 6) is 1.92. The van der Waals surface area contributed by atoms with Crippen molar-refractivity contribution in [3.05, 3.63) is 0 Å². The van der Waals surface area contributed by atoms with Gasteiger partial charge in [-0.3, -0.25) is 0 Å². The highest BCUT2D eigenvalue weighted by atomic mass is 15.1. The quantitative estimate of drug-likeness (QED) is 0.789. The van der Waals surface area contributed by atoms with E-state index in [-0.39, 0.29) is 0 Å². The molecule has 1 aliphatic heterocycles. The first kappa shape index (κ1) is 12.4. The lowest BCUT2D eigenvalue weighted by molar-refractivity contribution is 0.162. The lowest BCUT2D eigenvalue weighted by Crippen LogP contribution is -2.36. The molecular weight excluding hydrogens is 196 g/mol. The molecule has 16 heavy (non-hydrogen) atoms. The summed E-state index contributed by atoms with van der Waals surface area (Å²) in [7, 11) is 2.34. The Kier molecular flexibility index (Phi) is 4.66. The third-order valence-electron chi connectivity index (χ3n) is 4.66. The molecule has 0 bridgehead atoms. The van der Waals surface area contributed by atoms with Gasteiger partial charge in [0.05, 0.1) is 0 Å². The topological polar surface area (TPSA) is 15.3 Å². The van der Waals surface area contributed by atoms with Crippen molar-refractivity contribution in [2.24, 2.45) is 11.8 Å². The molecule has 2 heteroatoms. The Balaban J connectivity index is 1.64. The van der Waals surface area contributed by atoms with Crippen molar-refractivity contribution in [1.82, 2.24) is 10.2 Å². The van der Waals surface area contributed by atoms with Crippen LogP contribution in [0.25, 0.3) is 0 Å². The first-order valence-corrected chi connectivity index (χ1v) is 7.16. The van der Waals surface area contributed by atoms with Gasteiger partial charge in [0, 0.05) is 6.04 Å². The van der Waals surface area contributed by atoms with Crippen molar-refractivity contribution in [2.75, 3.05) is 26.7 Å². The van der Waals surface area contributed by atoms with Crippen LogP contribution in [0.5, 0.6) is 0 Å². The number of nitrogens with zero attached hydrogens (tertiary/aromatic N) is 1. The molecule has 0 aromatic carbocycles. The highest BCUT2D eigenvalue weighted by Gasteiger charge is 2.22. The van der Waals surface area contributed by atoms with Crippen molar-refractivity contribution in [3.8, 4) is 0 Å². The molecule has 1 unspecified atom stereocenters. The second-order valence-corrected chi connectivity index (χ2v) is 6.04. The van der Waals surface area contributed by atoms with E-state index in [1.54, 1.807) is 0 Å². The monoisotopic (exact) mass is 224 g/mol. The third kappa shape index (κ3) is 3.46. The number of hydrogen-bond donors (Lipinski definition) is 1. The molecular formula is C14H28N2. The van der Waals surface area contributed by atoms with Crippen molar-refractivity contribution in [1.29, 1.82) is 0 Å². The average molecular weight is 224 g/mol. The van der Waals surface area contributed by atoms with E-state index in [2.05, 4.69) is 24.2 Å². The highest BCUT2D eigenvalue weighted by Crippen LogP contribution is 2.26. The second-order valence-electron chi connectivity index (χ2n) is 6.04. The SMILES string of the molecule is CC1CCC(N(C)CCC2CCNC2)CC1. The minimum absolute atomic E-state index is 0.880. The van der Waals surface area contributed by atoms with E-state index in [9.17, 15) is 0 Å². The first-order chi connectivity index (χ1) is 7.75. The Labute approximate surface area is 101 Å². The van der Waals surface area contributed by atoms with E-state index in [0.717, 1.165) is 17.9 Å². The molecule has 94 valence electrons. The molecule has 0 aromatic rings. The summed E-state index contributed by atoms with van der Waals surface area (Å²) in [5.41, 5.74) is 0. The van der Waals surface area contributed by atoms with E-state index in [4.69, 9.17) is 0 Å². The summed E-state index contributed by atoms with van der Waals surface area (Å²) in [4.78, 5) is 2.63. The summed E-state index contributed by atoms with van der Waals surface area (Å²) >= 11 is 0. The van der Waals surface area contributed by atoms with Crippen molar-refractivity contribution >= 4 is 0 Å². The molecule has 1 N–H and O–H groups in total. The zero-order valence-electron chi connectivity index (χ0n) is 11.0. The Morgan fingerprint density at radius 2 is 1.88 bits per heavy atom. The number of hydrogen-bond acceptors (Lipinski definition) is 2. The summed E-state index contributed by atoms with van der Waals surface area (Å²) < 4.78 is 0. The molecule has 0 radical (unpaired) electrons. The molecule has 0 amide bonds.